The van der Waals surface area contributed by atoms with Crippen LogP contribution in [0.5, 0.6) is 11.5 Å². The largest absolute Gasteiger partial charge is 0.455 e. The number of ether oxygens (including phenoxy) is 2. The van der Waals surface area contributed by atoms with Crippen LogP contribution in [0.3, 0.4) is 0 Å². The molecule has 3 heterocycles. The molecule has 166 valence electrons. The van der Waals surface area contributed by atoms with Gasteiger partial charge in [0.2, 0.25) is 18.5 Å². The van der Waals surface area contributed by atoms with E-state index in [2.05, 4.69) is 0 Å². The van der Waals surface area contributed by atoms with Crippen molar-refractivity contribution >= 4 is 11.6 Å². The Hall–Kier alpha value is -3.42. The summed E-state index contributed by atoms with van der Waals surface area (Å²) in [6.45, 7) is 3.86. The molecule has 0 aliphatic carbocycles. The zero-order valence-electron chi connectivity index (χ0n) is 17.5. The maximum Gasteiger partial charge on any atom is 0.449 e. The van der Waals surface area contributed by atoms with E-state index in [-0.39, 0.29) is 25.0 Å². The number of aryl methyl sites for hydroxylation is 1. The Balaban J connectivity index is 1.62. The second kappa shape index (κ2) is 7.05. The standard InChI is InChI=1S/C24H20F3NO4/c1-3-23(17-11-20-19(10-14(17)2)30-13-31-20)16-6-4-5-7-18(16)28(22(23)29)12-15-8-9-21(32-15)24(25,26)27/h4-11H,3,12-13H2,1-2H3. The van der Waals surface area contributed by atoms with Crippen molar-refractivity contribution in [3.63, 3.8) is 0 Å². The van der Waals surface area contributed by atoms with Crippen molar-refractivity contribution in [3.8, 4) is 11.5 Å². The smallest absolute Gasteiger partial charge is 0.449 e. The van der Waals surface area contributed by atoms with Crippen LogP contribution in [0.4, 0.5) is 18.9 Å². The first-order chi connectivity index (χ1) is 15.3. The number of carbonyl (C=O) groups excluding carboxylic acids is 1. The van der Waals surface area contributed by atoms with Gasteiger partial charge >= 0.3 is 6.18 Å². The summed E-state index contributed by atoms with van der Waals surface area (Å²) in [6.07, 6.45) is -4.12. The molecule has 1 unspecified atom stereocenters. The van der Waals surface area contributed by atoms with E-state index in [9.17, 15) is 18.0 Å². The van der Waals surface area contributed by atoms with Gasteiger partial charge in [-0.1, -0.05) is 25.1 Å². The molecular weight excluding hydrogens is 423 g/mol. The van der Waals surface area contributed by atoms with Crippen molar-refractivity contribution in [1.82, 2.24) is 0 Å². The molecule has 0 bridgehead atoms. The van der Waals surface area contributed by atoms with Crippen LogP contribution < -0.4 is 14.4 Å². The summed E-state index contributed by atoms with van der Waals surface area (Å²) >= 11 is 0. The predicted molar refractivity (Wildman–Crippen MR) is 110 cm³/mol. The van der Waals surface area contributed by atoms with E-state index in [0.29, 0.717) is 23.6 Å². The summed E-state index contributed by atoms with van der Waals surface area (Å²) in [4.78, 5) is 15.5. The Kier molecular flexibility index (Phi) is 4.51. The van der Waals surface area contributed by atoms with E-state index < -0.39 is 17.4 Å². The number of para-hydroxylation sites is 1. The molecule has 0 N–H and O–H groups in total. The number of amides is 1. The molecule has 1 aromatic heterocycles. The van der Waals surface area contributed by atoms with Crippen molar-refractivity contribution in [2.45, 2.75) is 38.4 Å². The third kappa shape index (κ3) is 2.89. The number of nitrogens with zero attached hydrogens (tertiary/aromatic N) is 1. The first kappa shape index (κ1) is 20.5. The lowest BCUT2D eigenvalue weighted by Gasteiger charge is -2.30. The van der Waals surface area contributed by atoms with Gasteiger partial charge in [-0.2, -0.15) is 13.2 Å². The number of carbonyl (C=O) groups is 1. The molecule has 0 saturated carbocycles. The minimum absolute atomic E-state index is 0.0646. The molecule has 0 fully saturated rings. The lowest BCUT2D eigenvalue weighted by molar-refractivity contribution is -0.153. The maximum atomic E-state index is 14.0. The monoisotopic (exact) mass is 443 g/mol. The lowest BCUT2D eigenvalue weighted by Crippen LogP contribution is -2.41. The van der Waals surface area contributed by atoms with Crippen LogP contribution in [0, 0.1) is 6.92 Å². The molecule has 5 rings (SSSR count). The van der Waals surface area contributed by atoms with Crippen LogP contribution in [0.1, 0.15) is 41.6 Å². The number of hydrogen-bond donors (Lipinski definition) is 0. The molecule has 5 nitrogen and oxygen atoms in total. The summed E-state index contributed by atoms with van der Waals surface area (Å²) in [6, 6.07) is 13.2. The van der Waals surface area contributed by atoms with Gasteiger partial charge in [0.05, 0.1) is 6.54 Å². The van der Waals surface area contributed by atoms with Gasteiger partial charge in [0.15, 0.2) is 11.5 Å². The fraction of sp³-hybridized carbons (Fsp3) is 0.292. The number of rotatable bonds is 4. The van der Waals surface area contributed by atoms with Crippen LogP contribution in [0.25, 0.3) is 0 Å². The maximum absolute atomic E-state index is 14.0. The Morgan fingerprint density at radius 3 is 2.44 bits per heavy atom. The van der Waals surface area contributed by atoms with E-state index >= 15 is 0 Å². The molecule has 0 spiro atoms. The summed E-state index contributed by atoms with van der Waals surface area (Å²) in [5, 5.41) is 0. The summed E-state index contributed by atoms with van der Waals surface area (Å²) in [7, 11) is 0. The highest BCUT2D eigenvalue weighted by Gasteiger charge is 2.52. The van der Waals surface area contributed by atoms with Gasteiger partial charge in [-0.3, -0.25) is 4.79 Å². The van der Waals surface area contributed by atoms with Crippen LogP contribution in [0.2, 0.25) is 0 Å². The number of anilines is 1. The molecule has 0 saturated heterocycles. The third-order valence-corrected chi connectivity index (χ3v) is 6.23. The fourth-order valence-electron chi connectivity index (χ4n) is 4.75. The summed E-state index contributed by atoms with van der Waals surface area (Å²) in [5.74, 6) is -0.0323. The normalized spacial score (nSPS) is 19.5. The van der Waals surface area contributed by atoms with Gasteiger partial charge in [-0.15, -0.1) is 0 Å². The van der Waals surface area contributed by atoms with Gasteiger partial charge in [-0.25, -0.2) is 0 Å². The molecule has 3 aromatic rings. The Bertz CT molecular complexity index is 1220. The van der Waals surface area contributed by atoms with Crippen LogP contribution in [0.15, 0.2) is 52.9 Å². The highest BCUT2D eigenvalue weighted by Crippen LogP contribution is 2.51. The highest BCUT2D eigenvalue weighted by atomic mass is 19.4. The summed E-state index contributed by atoms with van der Waals surface area (Å²) in [5.41, 5.74) is 2.12. The average Bonchev–Trinajstić information content (AvgIpc) is 3.46. The first-order valence-electron chi connectivity index (χ1n) is 10.2. The minimum Gasteiger partial charge on any atom is -0.455 e. The molecule has 0 radical (unpaired) electrons. The number of halogens is 3. The highest BCUT2D eigenvalue weighted by molar-refractivity contribution is 6.10. The minimum atomic E-state index is -4.58. The molecular formula is C24H20F3NO4. The van der Waals surface area contributed by atoms with Gasteiger partial charge in [0.25, 0.3) is 0 Å². The van der Waals surface area contributed by atoms with Gasteiger partial charge in [0.1, 0.15) is 11.2 Å². The Morgan fingerprint density at radius 2 is 1.75 bits per heavy atom. The van der Waals surface area contributed by atoms with Crippen LogP contribution in [-0.2, 0) is 22.9 Å². The third-order valence-electron chi connectivity index (χ3n) is 6.23. The Labute approximate surface area is 182 Å². The predicted octanol–water partition coefficient (Wildman–Crippen LogP) is 5.58. The summed E-state index contributed by atoms with van der Waals surface area (Å²) < 4.78 is 55.0. The number of hydrogen-bond acceptors (Lipinski definition) is 4. The molecule has 2 aliphatic heterocycles. The second-order valence-electron chi connectivity index (χ2n) is 7.95. The lowest BCUT2D eigenvalue weighted by atomic mass is 9.71. The van der Waals surface area contributed by atoms with E-state index in [0.717, 1.165) is 22.8 Å². The molecule has 8 heteroatoms. The van der Waals surface area contributed by atoms with Crippen molar-refractivity contribution in [2.75, 3.05) is 11.7 Å². The van der Waals surface area contributed by atoms with E-state index in [1.807, 2.05) is 38.1 Å². The zero-order valence-corrected chi connectivity index (χ0v) is 17.5. The number of furan rings is 1. The number of benzene rings is 2. The van der Waals surface area contributed by atoms with Crippen molar-refractivity contribution in [2.24, 2.45) is 0 Å². The van der Waals surface area contributed by atoms with Gasteiger partial charge < -0.3 is 18.8 Å². The molecule has 1 atom stereocenters. The fourth-order valence-corrected chi connectivity index (χ4v) is 4.75. The average molecular weight is 443 g/mol. The van der Waals surface area contributed by atoms with E-state index in [1.165, 1.54) is 11.0 Å². The van der Waals surface area contributed by atoms with Crippen LogP contribution in [-0.4, -0.2) is 12.7 Å². The van der Waals surface area contributed by atoms with Gasteiger partial charge in [-0.05, 0) is 60.4 Å². The topological polar surface area (TPSA) is 51.9 Å². The SMILES string of the molecule is CCC1(c2cc3c(cc2C)OCO3)C(=O)N(Cc2ccc(C(F)(F)F)o2)c2ccccc21. The molecule has 1 amide bonds. The number of alkyl halides is 3. The van der Waals surface area contributed by atoms with Crippen LogP contribution >= 0.6 is 0 Å². The molecule has 2 aliphatic rings. The second-order valence-corrected chi connectivity index (χ2v) is 7.95. The Morgan fingerprint density at radius 1 is 1.03 bits per heavy atom. The van der Waals surface area contributed by atoms with Crippen molar-refractivity contribution < 1.29 is 31.9 Å². The van der Waals surface area contributed by atoms with Crippen molar-refractivity contribution in [1.29, 1.82) is 0 Å². The van der Waals surface area contributed by atoms with E-state index in [1.54, 1.807) is 12.1 Å². The molecule has 2 aromatic carbocycles. The van der Waals surface area contributed by atoms with E-state index in [4.69, 9.17) is 13.9 Å². The quantitative estimate of drug-likeness (QED) is 0.528. The van der Waals surface area contributed by atoms with Crippen molar-refractivity contribution in [3.05, 3.63) is 76.7 Å². The first-order valence-corrected chi connectivity index (χ1v) is 10.2. The zero-order chi connectivity index (χ0) is 22.7. The van der Waals surface area contributed by atoms with Gasteiger partial charge in [0, 0.05) is 5.69 Å². The molecule has 32 heavy (non-hydrogen) atoms. The number of fused-ring (bicyclic) bond motifs is 2.